The van der Waals surface area contributed by atoms with Crippen LogP contribution in [0.25, 0.3) is 0 Å². The van der Waals surface area contributed by atoms with Crippen LogP contribution in [0.5, 0.6) is 0 Å². The molecular formula is C21H28F6N2O5. The molecule has 7 nitrogen and oxygen atoms in total. The Morgan fingerprint density at radius 3 is 1.85 bits per heavy atom. The van der Waals surface area contributed by atoms with E-state index >= 15 is 0 Å². The van der Waals surface area contributed by atoms with E-state index in [0.717, 1.165) is 17.0 Å². The zero-order chi connectivity index (χ0) is 26.2. The van der Waals surface area contributed by atoms with Crippen LogP contribution in [-0.2, 0) is 10.4 Å². The molecule has 0 aromatic heterocycles. The minimum absolute atomic E-state index is 0.0172. The third-order valence-electron chi connectivity index (χ3n) is 5.16. The number of rotatable bonds is 12. The molecule has 1 aromatic rings. The highest BCUT2D eigenvalue weighted by Gasteiger charge is 2.71. The molecule has 0 radical (unpaired) electrons. The van der Waals surface area contributed by atoms with Gasteiger partial charge in [0.1, 0.15) is 0 Å². The molecule has 0 atom stereocenters. The Hall–Kier alpha value is -2.54. The summed E-state index contributed by atoms with van der Waals surface area (Å²) in [6.45, 7) is 2.05. The van der Waals surface area contributed by atoms with E-state index < -0.39 is 35.5 Å². The van der Waals surface area contributed by atoms with Crippen LogP contribution in [0, 0.1) is 0 Å². The molecule has 0 saturated carbocycles. The maximum atomic E-state index is 13.1. The normalized spacial score (nSPS) is 12.5. The predicted molar refractivity (Wildman–Crippen MR) is 110 cm³/mol. The number of alkyl halides is 6. The van der Waals surface area contributed by atoms with Gasteiger partial charge in [0.2, 0.25) is 0 Å². The molecule has 194 valence electrons. The zero-order valence-corrected chi connectivity index (χ0v) is 18.5. The van der Waals surface area contributed by atoms with Crippen molar-refractivity contribution in [2.75, 3.05) is 31.1 Å². The Bertz CT molecular complexity index is 784. The number of nitrogens with zero attached hydrogens (tertiary/aromatic N) is 2. The van der Waals surface area contributed by atoms with Gasteiger partial charge in [-0.15, -0.1) is 0 Å². The number of benzene rings is 1. The number of amides is 2. The van der Waals surface area contributed by atoms with E-state index in [-0.39, 0.29) is 51.2 Å². The molecule has 0 aliphatic rings. The quantitative estimate of drug-likeness (QED) is 0.293. The van der Waals surface area contributed by atoms with Crippen molar-refractivity contribution in [1.29, 1.82) is 0 Å². The van der Waals surface area contributed by atoms with Crippen LogP contribution in [-0.4, -0.2) is 70.8 Å². The van der Waals surface area contributed by atoms with Gasteiger partial charge < -0.3 is 20.2 Å². The number of carbonyl (C=O) groups excluding carboxylic acids is 1. The van der Waals surface area contributed by atoms with Crippen molar-refractivity contribution in [1.82, 2.24) is 4.90 Å². The number of urea groups is 1. The van der Waals surface area contributed by atoms with Gasteiger partial charge in [0.25, 0.3) is 5.60 Å². The lowest BCUT2D eigenvalue weighted by Gasteiger charge is -2.33. The molecule has 1 rings (SSSR count). The van der Waals surface area contributed by atoms with E-state index in [2.05, 4.69) is 0 Å². The predicted octanol–water partition coefficient (Wildman–Crippen LogP) is 4.27. The fourth-order valence-electron chi connectivity index (χ4n) is 3.23. The summed E-state index contributed by atoms with van der Waals surface area (Å²) < 4.78 is 78.8. The average molecular weight is 502 g/mol. The number of unbranched alkanes of at least 4 members (excludes halogenated alkanes) is 2. The number of carbonyl (C=O) groups is 2. The Morgan fingerprint density at radius 2 is 1.41 bits per heavy atom. The topological polar surface area (TPSA) is 101 Å². The zero-order valence-electron chi connectivity index (χ0n) is 18.5. The molecule has 3 N–H and O–H groups in total. The van der Waals surface area contributed by atoms with Gasteiger partial charge in [-0.25, -0.2) is 4.79 Å². The Kier molecular flexibility index (Phi) is 10.6. The molecular weight excluding hydrogens is 474 g/mol. The lowest BCUT2D eigenvalue weighted by molar-refractivity contribution is -0.376. The van der Waals surface area contributed by atoms with Crippen LogP contribution >= 0.6 is 0 Å². The Balaban J connectivity index is 3.28. The molecule has 0 unspecified atom stereocenters. The lowest BCUT2D eigenvalue weighted by Crippen LogP contribution is -2.53. The summed E-state index contributed by atoms with van der Waals surface area (Å²) in [5.41, 5.74) is -6.56. The summed E-state index contributed by atoms with van der Waals surface area (Å²) in [5.74, 6) is -1.06. The van der Waals surface area contributed by atoms with E-state index in [4.69, 9.17) is 10.2 Å². The summed E-state index contributed by atoms with van der Waals surface area (Å²) in [7, 11) is 0. The highest BCUT2D eigenvalue weighted by molar-refractivity contribution is 5.92. The number of anilines is 1. The standard InChI is InChI=1S/C21H28F6N2O5/c1-2-28(12-5-6-14-30)18(33)29(13-4-3-7-17(31)32)16-10-8-15(9-11-16)19(34,20(22,23)24)21(25,26)27/h8-11,30,34H,2-7,12-14H2,1H3,(H,31,32). The number of aliphatic carboxylic acids is 1. The van der Waals surface area contributed by atoms with Crippen molar-refractivity contribution in [2.45, 2.75) is 57.0 Å². The first kappa shape index (κ1) is 29.5. The molecule has 0 aliphatic heterocycles. The number of aliphatic hydroxyl groups excluding tert-OH is 1. The molecule has 0 aliphatic carbocycles. The SMILES string of the molecule is CCN(CCCCO)C(=O)N(CCCCC(=O)O)c1ccc(C(O)(C(F)(F)F)C(F)(F)F)cc1. The number of halogens is 6. The highest BCUT2D eigenvalue weighted by atomic mass is 19.4. The number of aliphatic hydroxyl groups is 2. The van der Waals surface area contributed by atoms with Crippen molar-refractivity contribution in [3.63, 3.8) is 0 Å². The van der Waals surface area contributed by atoms with E-state index in [1.807, 2.05) is 0 Å². The molecule has 0 heterocycles. The number of carboxylic acids is 1. The Morgan fingerprint density at radius 1 is 0.882 bits per heavy atom. The number of hydrogen-bond acceptors (Lipinski definition) is 4. The summed E-state index contributed by atoms with van der Waals surface area (Å²) in [6.07, 6.45) is -11.0. The molecule has 34 heavy (non-hydrogen) atoms. The molecule has 0 bridgehead atoms. The van der Waals surface area contributed by atoms with E-state index in [0.29, 0.717) is 25.0 Å². The van der Waals surface area contributed by atoms with Gasteiger partial charge in [0.15, 0.2) is 0 Å². The van der Waals surface area contributed by atoms with Crippen LogP contribution in [0.2, 0.25) is 0 Å². The van der Waals surface area contributed by atoms with Crippen LogP contribution in [0.15, 0.2) is 24.3 Å². The Labute approximate surface area is 192 Å². The summed E-state index contributed by atoms with van der Waals surface area (Å²) >= 11 is 0. The first-order valence-electron chi connectivity index (χ1n) is 10.6. The summed E-state index contributed by atoms with van der Waals surface area (Å²) in [4.78, 5) is 26.3. The first-order chi connectivity index (χ1) is 15.7. The maximum Gasteiger partial charge on any atom is 0.430 e. The molecule has 2 amide bonds. The van der Waals surface area contributed by atoms with Crippen LogP contribution < -0.4 is 4.90 Å². The molecule has 1 aromatic carbocycles. The minimum Gasteiger partial charge on any atom is -0.481 e. The van der Waals surface area contributed by atoms with E-state index in [1.54, 1.807) is 6.92 Å². The van der Waals surface area contributed by atoms with Crippen molar-refractivity contribution in [2.24, 2.45) is 0 Å². The third kappa shape index (κ3) is 7.23. The van der Waals surface area contributed by atoms with Crippen LogP contribution in [0.3, 0.4) is 0 Å². The van der Waals surface area contributed by atoms with Gasteiger partial charge in [0, 0.05) is 43.9 Å². The van der Waals surface area contributed by atoms with Gasteiger partial charge >= 0.3 is 24.4 Å². The van der Waals surface area contributed by atoms with Gasteiger partial charge in [-0.2, -0.15) is 26.3 Å². The number of carboxylic acid groups (broad SMARTS) is 1. The van der Waals surface area contributed by atoms with Gasteiger partial charge in [-0.05, 0) is 44.7 Å². The first-order valence-corrected chi connectivity index (χ1v) is 10.6. The van der Waals surface area contributed by atoms with Gasteiger partial charge in [-0.3, -0.25) is 9.69 Å². The second-order valence-electron chi connectivity index (χ2n) is 7.55. The summed E-state index contributed by atoms with van der Waals surface area (Å²) in [5, 5.41) is 27.3. The second kappa shape index (κ2) is 12.2. The maximum absolute atomic E-state index is 13.1. The highest BCUT2D eigenvalue weighted by Crippen LogP contribution is 2.50. The molecule has 0 spiro atoms. The minimum atomic E-state index is -6.04. The van der Waals surface area contributed by atoms with Crippen molar-refractivity contribution < 1.29 is 51.3 Å². The lowest BCUT2D eigenvalue weighted by atomic mass is 9.92. The smallest absolute Gasteiger partial charge is 0.430 e. The van der Waals surface area contributed by atoms with E-state index in [1.165, 1.54) is 4.90 Å². The van der Waals surface area contributed by atoms with Gasteiger partial charge in [0.05, 0.1) is 0 Å². The third-order valence-corrected chi connectivity index (χ3v) is 5.16. The largest absolute Gasteiger partial charge is 0.481 e. The van der Waals surface area contributed by atoms with E-state index in [9.17, 15) is 41.0 Å². The molecule has 0 fully saturated rings. The van der Waals surface area contributed by atoms with Crippen molar-refractivity contribution >= 4 is 17.7 Å². The monoisotopic (exact) mass is 502 g/mol. The average Bonchev–Trinajstić information content (AvgIpc) is 2.74. The molecule has 0 saturated heterocycles. The number of hydrogen-bond donors (Lipinski definition) is 3. The van der Waals surface area contributed by atoms with Crippen LogP contribution in [0.1, 0.15) is 44.6 Å². The summed E-state index contributed by atoms with van der Waals surface area (Å²) in [6, 6.07) is 2.07. The van der Waals surface area contributed by atoms with Crippen LogP contribution in [0.4, 0.5) is 36.8 Å². The van der Waals surface area contributed by atoms with Gasteiger partial charge in [-0.1, -0.05) is 12.1 Å². The van der Waals surface area contributed by atoms with Crippen molar-refractivity contribution in [3.05, 3.63) is 29.8 Å². The fraction of sp³-hybridized carbons (Fsp3) is 0.619. The molecule has 13 heteroatoms. The van der Waals surface area contributed by atoms with Crippen molar-refractivity contribution in [3.8, 4) is 0 Å². The second-order valence-corrected chi connectivity index (χ2v) is 7.55. The fourth-order valence-corrected chi connectivity index (χ4v) is 3.23.